The van der Waals surface area contributed by atoms with Gasteiger partial charge in [0.15, 0.2) is 5.15 Å². The van der Waals surface area contributed by atoms with E-state index in [0.717, 1.165) is 18.4 Å². The zero-order valence-electron chi connectivity index (χ0n) is 14.1. The standard InChI is InChI=1S/C18H21ClN4O2/c1-13-15(20-17-10-9-16(19)21-22-17)8-5-11-23(13)18(24)25-12-14-6-3-2-4-7-14/h2-4,6-7,9-10,13,15H,5,8,11-12H2,1H3,(H,20,22). The van der Waals surface area contributed by atoms with Crippen LogP contribution >= 0.6 is 11.6 Å². The van der Waals surface area contributed by atoms with Gasteiger partial charge in [0, 0.05) is 12.6 Å². The number of halogens is 1. The molecule has 1 aliphatic heterocycles. The third-order valence-electron chi connectivity index (χ3n) is 4.39. The van der Waals surface area contributed by atoms with Crippen molar-refractivity contribution in [3.05, 3.63) is 53.2 Å². The molecule has 1 N–H and O–H groups in total. The Morgan fingerprint density at radius 1 is 1.28 bits per heavy atom. The Labute approximate surface area is 152 Å². The highest BCUT2D eigenvalue weighted by molar-refractivity contribution is 6.29. The molecule has 1 amide bonds. The fourth-order valence-corrected chi connectivity index (χ4v) is 3.08. The average molecular weight is 361 g/mol. The fraction of sp³-hybridized carbons (Fsp3) is 0.389. The monoisotopic (exact) mass is 360 g/mol. The van der Waals surface area contributed by atoms with Gasteiger partial charge in [0.1, 0.15) is 12.4 Å². The molecule has 0 saturated carbocycles. The Hall–Kier alpha value is -2.34. The predicted molar refractivity (Wildman–Crippen MR) is 96.5 cm³/mol. The third-order valence-corrected chi connectivity index (χ3v) is 4.59. The summed E-state index contributed by atoms with van der Waals surface area (Å²) in [6.45, 7) is 2.99. The number of piperidine rings is 1. The van der Waals surface area contributed by atoms with Gasteiger partial charge in [0.25, 0.3) is 0 Å². The number of nitrogens with one attached hydrogen (secondary N) is 1. The molecule has 2 aromatic rings. The zero-order valence-corrected chi connectivity index (χ0v) is 14.8. The van der Waals surface area contributed by atoms with E-state index >= 15 is 0 Å². The molecule has 0 spiro atoms. The average Bonchev–Trinajstić information content (AvgIpc) is 2.64. The molecular weight excluding hydrogens is 340 g/mol. The SMILES string of the molecule is CC1C(Nc2ccc(Cl)nn2)CCCN1C(=O)OCc1ccccc1. The number of ether oxygens (including phenoxy) is 1. The van der Waals surface area contributed by atoms with Crippen molar-refractivity contribution in [3.63, 3.8) is 0 Å². The molecule has 1 aromatic heterocycles. The second kappa shape index (κ2) is 8.16. The van der Waals surface area contributed by atoms with E-state index in [0.29, 0.717) is 17.5 Å². The van der Waals surface area contributed by atoms with Crippen LogP contribution in [0.5, 0.6) is 0 Å². The minimum absolute atomic E-state index is 0.00509. The van der Waals surface area contributed by atoms with Crippen LogP contribution in [0.2, 0.25) is 5.15 Å². The van der Waals surface area contributed by atoms with E-state index in [1.54, 1.807) is 17.0 Å². The van der Waals surface area contributed by atoms with Gasteiger partial charge in [-0.2, -0.15) is 0 Å². The van der Waals surface area contributed by atoms with Gasteiger partial charge in [0.2, 0.25) is 0 Å². The smallest absolute Gasteiger partial charge is 0.410 e. The first-order valence-corrected chi connectivity index (χ1v) is 8.74. The summed E-state index contributed by atoms with van der Waals surface area (Å²) in [4.78, 5) is 14.2. The Kier molecular flexibility index (Phi) is 5.71. The molecule has 1 aliphatic rings. The van der Waals surface area contributed by atoms with E-state index < -0.39 is 0 Å². The lowest BCUT2D eigenvalue weighted by Crippen LogP contribution is -2.52. The number of amides is 1. The van der Waals surface area contributed by atoms with Crippen LogP contribution in [-0.4, -0.2) is 39.8 Å². The van der Waals surface area contributed by atoms with Crippen molar-refractivity contribution in [1.29, 1.82) is 0 Å². The van der Waals surface area contributed by atoms with E-state index in [-0.39, 0.29) is 24.8 Å². The first-order chi connectivity index (χ1) is 12.1. The largest absolute Gasteiger partial charge is 0.445 e. The number of hydrogen-bond acceptors (Lipinski definition) is 5. The first-order valence-electron chi connectivity index (χ1n) is 8.36. The maximum atomic E-state index is 12.5. The molecule has 1 aromatic carbocycles. The van der Waals surface area contributed by atoms with Crippen molar-refractivity contribution in [2.45, 2.75) is 38.5 Å². The van der Waals surface area contributed by atoms with Crippen LogP contribution in [0.4, 0.5) is 10.6 Å². The Morgan fingerprint density at radius 2 is 2.08 bits per heavy atom. The number of rotatable bonds is 4. The number of carbonyl (C=O) groups excluding carboxylic acids is 1. The molecule has 3 rings (SSSR count). The molecule has 25 heavy (non-hydrogen) atoms. The molecule has 2 unspecified atom stereocenters. The quantitative estimate of drug-likeness (QED) is 0.899. The van der Waals surface area contributed by atoms with Crippen LogP contribution < -0.4 is 5.32 Å². The molecule has 7 heteroatoms. The summed E-state index contributed by atoms with van der Waals surface area (Å²) >= 11 is 5.76. The van der Waals surface area contributed by atoms with Crippen molar-refractivity contribution in [2.24, 2.45) is 0 Å². The summed E-state index contributed by atoms with van der Waals surface area (Å²) in [6, 6.07) is 13.2. The molecule has 1 fully saturated rings. The minimum atomic E-state index is -0.287. The lowest BCUT2D eigenvalue weighted by Gasteiger charge is -2.39. The van der Waals surface area contributed by atoms with Gasteiger partial charge < -0.3 is 15.0 Å². The predicted octanol–water partition coefficient (Wildman–Crippen LogP) is 3.73. The summed E-state index contributed by atoms with van der Waals surface area (Å²) < 4.78 is 5.47. The zero-order chi connectivity index (χ0) is 17.6. The molecule has 0 radical (unpaired) electrons. The molecule has 6 nitrogen and oxygen atoms in total. The highest BCUT2D eigenvalue weighted by atomic mass is 35.5. The number of carbonyl (C=O) groups is 1. The summed E-state index contributed by atoms with van der Waals surface area (Å²) in [6.07, 6.45) is 1.57. The maximum Gasteiger partial charge on any atom is 0.410 e. The van der Waals surface area contributed by atoms with Gasteiger partial charge in [-0.3, -0.25) is 0 Å². The highest BCUT2D eigenvalue weighted by Crippen LogP contribution is 2.22. The number of likely N-dealkylation sites (tertiary alicyclic amines) is 1. The second-order valence-corrected chi connectivity index (χ2v) is 6.50. The molecule has 0 aliphatic carbocycles. The van der Waals surface area contributed by atoms with Gasteiger partial charge >= 0.3 is 6.09 Å². The number of benzene rings is 1. The first kappa shape index (κ1) is 17.5. The summed E-state index contributed by atoms with van der Waals surface area (Å²) in [5.74, 6) is 0.653. The molecule has 132 valence electrons. The van der Waals surface area contributed by atoms with Gasteiger partial charge in [-0.1, -0.05) is 41.9 Å². The minimum Gasteiger partial charge on any atom is -0.445 e. The van der Waals surface area contributed by atoms with Gasteiger partial charge in [-0.25, -0.2) is 4.79 Å². The second-order valence-electron chi connectivity index (χ2n) is 6.11. The maximum absolute atomic E-state index is 12.5. The van der Waals surface area contributed by atoms with E-state index in [4.69, 9.17) is 16.3 Å². The van der Waals surface area contributed by atoms with Crippen LogP contribution in [0.15, 0.2) is 42.5 Å². The molecule has 2 heterocycles. The van der Waals surface area contributed by atoms with Crippen LogP contribution in [0.1, 0.15) is 25.3 Å². The molecule has 2 atom stereocenters. The van der Waals surface area contributed by atoms with E-state index in [9.17, 15) is 4.79 Å². The summed E-state index contributed by atoms with van der Waals surface area (Å²) in [5.41, 5.74) is 0.978. The van der Waals surface area contributed by atoms with Gasteiger partial charge in [-0.15, -0.1) is 10.2 Å². The van der Waals surface area contributed by atoms with Gasteiger partial charge in [0.05, 0.1) is 6.04 Å². The van der Waals surface area contributed by atoms with E-state index in [2.05, 4.69) is 15.5 Å². The van der Waals surface area contributed by atoms with E-state index in [1.165, 1.54) is 0 Å². The van der Waals surface area contributed by atoms with Crippen molar-refractivity contribution in [2.75, 3.05) is 11.9 Å². The Morgan fingerprint density at radius 3 is 2.80 bits per heavy atom. The number of aromatic nitrogens is 2. The van der Waals surface area contributed by atoms with Crippen LogP contribution in [0.3, 0.4) is 0 Å². The topological polar surface area (TPSA) is 67.4 Å². The van der Waals surface area contributed by atoms with Crippen LogP contribution in [0.25, 0.3) is 0 Å². The molecule has 0 bridgehead atoms. The number of nitrogens with zero attached hydrogens (tertiary/aromatic N) is 3. The Balaban J connectivity index is 1.58. The lowest BCUT2D eigenvalue weighted by atomic mass is 9.98. The van der Waals surface area contributed by atoms with Gasteiger partial charge in [-0.05, 0) is 37.5 Å². The molecule has 1 saturated heterocycles. The molecular formula is C18H21ClN4O2. The summed E-state index contributed by atoms with van der Waals surface area (Å²) in [5, 5.41) is 11.5. The lowest BCUT2D eigenvalue weighted by molar-refractivity contribution is 0.0687. The van der Waals surface area contributed by atoms with Crippen LogP contribution in [-0.2, 0) is 11.3 Å². The van der Waals surface area contributed by atoms with E-state index in [1.807, 2.05) is 37.3 Å². The normalized spacial score (nSPS) is 20.2. The number of hydrogen-bond donors (Lipinski definition) is 1. The van der Waals surface area contributed by atoms with Crippen molar-refractivity contribution >= 4 is 23.5 Å². The number of anilines is 1. The van der Waals surface area contributed by atoms with Crippen molar-refractivity contribution in [1.82, 2.24) is 15.1 Å². The fourth-order valence-electron chi connectivity index (χ4n) is 2.98. The van der Waals surface area contributed by atoms with Crippen molar-refractivity contribution in [3.8, 4) is 0 Å². The van der Waals surface area contributed by atoms with Crippen LogP contribution in [0, 0.1) is 0 Å². The Bertz CT molecular complexity index is 696. The highest BCUT2D eigenvalue weighted by Gasteiger charge is 2.32. The third kappa shape index (κ3) is 4.60. The summed E-state index contributed by atoms with van der Waals surface area (Å²) in [7, 11) is 0. The van der Waals surface area contributed by atoms with Crippen molar-refractivity contribution < 1.29 is 9.53 Å².